The monoisotopic (exact) mass is 423 g/mol. The quantitative estimate of drug-likeness (QED) is 0.434. The normalized spacial score (nSPS) is 18.8. The molecule has 0 radical (unpaired) electrons. The molecule has 2 heterocycles. The van der Waals surface area contributed by atoms with Crippen molar-refractivity contribution in [2.24, 2.45) is 0 Å². The Balaban J connectivity index is 1.53. The van der Waals surface area contributed by atoms with Crippen LogP contribution in [0.5, 0.6) is 11.5 Å². The van der Waals surface area contributed by atoms with Crippen LogP contribution in [0.15, 0.2) is 78.9 Å². The van der Waals surface area contributed by atoms with Gasteiger partial charge in [-0.3, -0.25) is 14.5 Å². The molecule has 32 heavy (non-hydrogen) atoms. The van der Waals surface area contributed by atoms with E-state index in [1.54, 1.807) is 49.5 Å². The number of rotatable bonds is 3. The summed E-state index contributed by atoms with van der Waals surface area (Å²) in [7, 11) is 1.65. The first kappa shape index (κ1) is 19.8. The Kier molecular flexibility index (Phi) is 4.67. The third-order valence-electron chi connectivity index (χ3n) is 5.63. The molecule has 5 rings (SSSR count). The molecule has 3 aromatic carbocycles. The van der Waals surface area contributed by atoms with Crippen molar-refractivity contribution >= 4 is 23.8 Å². The van der Waals surface area contributed by atoms with Crippen LogP contribution in [0.4, 0.5) is 0 Å². The van der Waals surface area contributed by atoms with Crippen LogP contribution in [-0.2, 0) is 0 Å². The Morgan fingerprint density at radius 3 is 2.56 bits per heavy atom. The van der Waals surface area contributed by atoms with Crippen LogP contribution in [0.2, 0.25) is 0 Å². The van der Waals surface area contributed by atoms with Gasteiger partial charge in [-0.1, -0.05) is 42.5 Å². The molecule has 2 aliphatic heterocycles. The number of likely N-dealkylation sites (N-methyl/N-ethyl adjacent to an activating group) is 1. The molecule has 0 aliphatic carbocycles. The van der Waals surface area contributed by atoms with E-state index in [1.165, 1.54) is 11.0 Å². The summed E-state index contributed by atoms with van der Waals surface area (Å²) in [6, 6.07) is 20.1. The number of ether oxygens (including phenoxy) is 2. The minimum atomic E-state index is -1.40. The zero-order valence-corrected chi connectivity index (χ0v) is 17.7. The lowest BCUT2D eigenvalue weighted by atomic mass is 10.00. The van der Waals surface area contributed by atoms with Gasteiger partial charge in [-0.25, -0.2) is 0 Å². The minimum absolute atomic E-state index is 0.0999. The van der Waals surface area contributed by atoms with Crippen LogP contribution >= 0.6 is 0 Å². The molecule has 0 saturated carbocycles. The molecule has 0 bridgehead atoms. The molecule has 1 amide bonds. The molecule has 3 aromatic rings. The first-order chi connectivity index (χ1) is 15.5. The molecule has 0 unspecified atom stereocenters. The van der Waals surface area contributed by atoms with Crippen molar-refractivity contribution in [2.45, 2.75) is 12.8 Å². The van der Waals surface area contributed by atoms with Gasteiger partial charge in [0.1, 0.15) is 11.5 Å². The van der Waals surface area contributed by atoms with Gasteiger partial charge in [0.2, 0.25) is 0 Å². The predicted molar refractivity (Wildman–Crippen MR) is 123 cm³/mol. The van der Waals surface area contributed by atoms with Crippen LogP contribution < -0.4 is 9.47 Å². The number of amides is 1. The van der Waals surface area contributed by atoms with Crippen LogP contribution in [0.3, 0.4) is 0 Å². The molecule has 2 aliphatic rings. The van der Waals surface area contributed by atoms with Gasteiger partial charge in [-0.05, 0) is 55.0 Å². The lowest BCUT2D eigenvalue weighted by Gasteiger charge is -2.44. The highest BCUT2D eigenvalue weighted by molar-refractivity contribution is 6.07. The fourth-order valence-electron chi connectivity index (χ4n) is 3.95. The number of carbonyl (C=O) groups excluding carboxylic acids is 2. The van der Waals surface area contributed by atoms with Crippen LogP contribution in [0.25, 0.3) is 12.2 Å². The number of allylic oxidation sites excluding steroid dienone is 1. The summed E-state index contributed by atoms with van der Waals surface area (Å²) in [5.41, 5.74) is 3.71. The van der Waals surface area contributed by atoms with Crippen molar-refractivity contribution in [1.82, 2.24) is 4.90 Å². The van der Waals surface area contributed by atoms with Gasteiger partial charge in [-0.2, -0.15) is 0 Å². The van der Waals surface area contributed by atoms with Crippen molar-refractivity contribution in [1.29, 1.82) is 0 Å². The maximum Gasteiger partial charge on any atom is 0.362 e. The van der Waals surface area contributed by atoms with Crippen LogP contribution in [-0.4, -0.2) is 29.5 Å². The first-order valence-electron chi connectivity index (χ1n) is 10.3. The number of hydrogen-bond acceptors (Lipinski definition) is 4. The second-order valence-electron chi connectivity index (χ2n) is 7.86. The van der Waals surface area contributed by atoms with Crippen molar-refractivity contribution < 1.29 is 19.1 Å². The number of para-hydroxylation sites is 1. The Bertz CT molecular complexity index is 1290. The highest BCUT2D eigenvalue weighted by atomic mass is 16.7. The largest absolute Gasteiger partial charge is 0.431 e. The fourth-order valence-corrected chi connectivity index (χ4v) is 3.95. The van der Waals surface area contributed by atoms with E-state index in [4.69, 9.17) is 9.47 Å². The maximum atomic E-state index is 13.0. The number of carbonyl (C=O) groups is 2. The zero-order chi connectivity index (χ0) is 22.3. The van der Waals surface area contributed by atoms with E-state index in [0.29, 0.717) is 22.6 Å². The topological polar surface area (TPSA) is 55.8 Å². The number of ketones is 1. The number of fused-ring (bicyclic) bond motifs is 2. The van der Waals surface area contributed by atoms with Gasteiger partial charge in [0.25, 0.3) is 5.91 Å². The highest BCUT2D eigenvalue weighted by Crippen LogP contribution is 2.41. The van der Waals surface area contributed by atoms with Crippen LogP contribution in [0, 0.1) is 6.92 Å². The molecule has 0 fully saturated rings. The summed E-state index contributed by atoms with van der Waals surface area (Å²) in [6.07, 6.45) is 6.91. The van der Waals surface area contributed by atoms with Gasteiger partial charge >= 0.3 is 5.91 Å². The zero-order valence-electron chi connectivity index (χ0n) is 17.7. The minimum Gasteiger partial charge on any atom is -0.431 e. The van der Waals surface area contributed by atoms with E-state index < -0.39 is 5.91 Å². The molecule has 1 atom stereocenters. The highest BCUT2D eigenvalue weighted by Gasteiger charge is 2.47. The third kappa shape index (κ3) is 3.28. The Morgan fingerprint density at radius 1 is 1.00 bits per heavy atom. The van der Waals surface area contributed by atoms with Crippen molar-refractivity contribution in [3.05, 3.63) is 107 Å². The molecule has 0 aromatic heterocycles. The lowest BCUT2D eigenvalue weighted by molar-refractivity contribution is -0.166. The standard InChI is InChI=1S/C27H21NO4/c1-18-16-20(12-13-23(29)19-8-4-3-5-9-19)25-21(17-18)14-15-27(32-25)28(2)26(30)22-10-6-7-11-24(22)31-27/h3-17H,1-2H3/b13-12-/t27-/m0/s1. The Morgan fingerprint density at radius 2 is 1.75 bits per heavy atom. The molecular weight excluding hydrogens is 402 g/mol. The summed E-state index contributed by atoms with van der Waals surface area (Å²) in [4.78, 5) is 27.0. The number of nitrogens with zero attached hydrogens (tertiary/aromatic N) is 1. The average Bonchev–Trinajstić information content (AvgIpc) is 2.82. The molecular formula is C27H21NO4. The summed E-state index contributed by atoms with van der Waals surface area (Å²) >= 11 is 0. The van der Waals surface area contributed by atoms with Crippen molar-refractivity contribution in [3.63, 3.8) is 0 Å². The average molecular weight is 423 g/mol. The fraction of sp³-hybridized carbons (Fsp3) is 0.111. The van der Waals surface area contributed by atoms with E-state index in [-0.39, 0.29) is 11.7 Å². The summed E-state index contributed by atoms with van der Waals surface area (Å²) in [6.45, 7) is 1.98. The SMILES string of the molecule is Cc1cc2c(c(/C=C\C(=O)c3ccccc3)c1)O[C@]1(C=C2)Oc2ccccc2C(=O)N1C. The summed E-state index contributed by atoms with van der Waals surface area (Å²) < 4.78 is 12.5. The van der Waals surface area contributed by atoms with Crippen LogP contribution in [0.1, 0.15) is 37.4 Å². The molecule has 5 nitrogen and oxygen atoms in total. The smallest absolute Gasteiger partial charge is 0.362 e. The van der Waals surface area contributed by atoms with E-state index in [0.717, 1.165) is 16.7 Å². The van der Waals surface area contributed by atoms with E-state index >= 15 is 0 Å². The van der Waals surface area contributed by atoms with Crippen molar-refractivity contribution in [2.75, 3.05) is 7.05 Å². The first-order valence-corrected chi connectivity index (χ1v) is 10.3. The van der Waals surface area contributed by atoms with Gasteiger partial charge in [0.05, 0.1) is 5.56 Å². The molecule has 158 valence electrons. The van der Waals surface area contributed by atoms with Gasteiger partial charge in [-0.15, -0.1) is 0 Å². The number of benzene rings is 3. The van der Waals surface area contributed by atoms with Gasteiger partial charge in [0.15, 0.2) is 5.78 Å². The molecule has 0 N–H and O–H groups in total. The van der Waals surface area contributed by atoms with Crippen molar-refractivity contribution in [3.8, 4) is 11.5 Å². The Hall–Kier alpha value is -4.12. The molecule has 5 heteroatoms. The predicted octanol–water partition coefficient (Wildman–Crippen LogP) is 5.12. The number of hydrogen-bond donors (Lipinski definition) is 0. The second-order valence-corrected chi connectivity index (χ2v) is 7.86. The van der Waals surface area contributed by atoms with Gasteiger partial charge < -0.3 is 9.47 Å². The molecule has 0 saturated heterocycles. The number of aryl methyl sites for hydroxylation is 1. The van der Waals surface area contributed by atoms with E-state index in [1.807, 2.05) is 49.4 Å². The second kappa shape index (κ2) is 7.54. The van der Waals surface area contributed by atoms with E-state index in [9.17, 15) is 9.59 Å². The molecule has 1 spiro atoms. The summed E-state index contributed by atoms with van der Waals surface area (Å²) in [5, 5.41) is 0. The summed E-state index contributed by atoms with van der Waals surface area (Å²) in [5.74, 6) is -0.679. The Labute approximate surface area is 186 Å². The van der Waals surface area contributed by atoms with Gasteiger partial charge in [0, 0.05) is 29.8 Å². The third-order valence-corrected chi connectivity index (χ3v) is 5.63. The maximum absolute atomic E-state index is 13.0. The lowest BCUT2D eigenvalue weighted by Crippen LogP contribution is -2.60. The van der Waals surface area contributed by atoms with E-state index in [2.05, 4.69) is 0 Å².